The van der Waals surface area contributed by atoms with E-state index in [2.05, 4.69) is 15.0 Å². The summed E-state index contributed by atoms with van der Waals surface area (Å²) in [7, 11) is -2.39. The number of benzene rings is 2. The van der Waals surface area contributed by atoms with Gasteiger partial charge in [0.1, 0.15) is 17.3 Å². The van der Waals surface area contributed by atoms with Gasteiger partial charge in [0, 0.05) is 11.1 Å². The molecule has 2 aromatic carbocycles. The van der Waals surface area contributed by atoms with Crippen LogP contribution in [0, 0.1) is 5.82 Å². The van der Waals surface area contributed by atoms with Crippen LogP contribution in [-0.2, 0) is 10.0 Å². The average molecular weight is 442 g/mol. The third-order valence-electron chi connectivity index (χ3n) is 3.51. The highest BCUT2D eigenvalue weighted by molar-refractivity contribution is 7.93. The lowest BCUT2D eigenvalue weighted by Crippen LogP contribution is -2.14. The first-order valence-corrected chi connectivity index (χ1v) is 10.4. The van der Waals surface area contributed by atoms with Crippen molar-refractivity contribution in [2.24, 2.45) is 0 Å². The van der Waals surface area contributed by atoms with E-state index in [-0.39, 0.29) is 26.4 Å². The zero-order chi connectivity index (χ0) is 20.3. The van der Waals surface area contributed by atoms with Gasteiger partial charge in [-0.2, -0.15) is 0 Å². The van der Waals surface area contributed by atoms with Crippen molar-refractivity contribution in [1.29, 1.82) is 0 Å². The lowest BCUT2D eigenvalue weighted by atomic mass is 10.3. The summed E-state index contributed by atoms with van der Waals surface area (Å²) in [5.41, 5.74) is 0.280. The van der Waals surface area contributed by atoms with E-state index in [4.69, 9.17) is 16.3 Å². The number of carbonyl (C=O) groups excluding carboxylic acids is 1. The molecule has 0 atom stereocenters. The van der Waals surface area contributed by atoms with Crippen molar-refractivity contribution in [3.63, 3.8) is 0 Å². The molecule has 0 unspecified atom stereocenters. The molecule has 3 aromatic rings. The van der Waals surface area contributed by atoms with Gasteiger partial charge in [-0.1, -0.05) is 11.6 Å². The number of hydrogen-bond acceptors (Lipinski definition) is 6. The molecule has 0 aliphatic heterocycles. The molecule has 0 saturated carbocycles. The number of hydrogen-bond donors (Lipinski definition) is 2. The number of amides is 1. The molecule has 0 spiro atoms. The number of anilines is 2. The van der Waals surface area contributed by atoms with Gasteiger partial charge in [-0.05, 0) is 42.5 Å². The summed E-state index contributed by atoms with van der Waals surface area (Å²) >= 11 is 6.62. The van der Waals surface area contributed by atoms with Crippen LogP contribution < -0.4 is 14.8 Å². The number of methoxy groups -OCH3 is 1. The van der Waals surface area contributed by atoms with Crippen LogP contribution in [0.3, 0.4) is 0 Å². The highest BCUT2D eigenvalue weighted by Gasteiger charge is 2.18. The summed E-state index contributed by atoms with van der Waals surface area (Å²) in [5, 5.41) is 3.80. The Morgan fingerprint density at radius 3 is 2.57 bits per heavy atom. The molecule has 0 saturated heterocycles. The standard InChI is InChI=1S/C17H13ClFN3O4S2/c1-26-11-3-5-12(6-4-11)28(24,25)22-17-21-15(9-27-17)16(23)20-10-2-7-14(19)13(18)8-10/h2-9H,1H3,(H,20,23)(H,21,22). The molecule has 0 radical (unpaired) electrons. The van der Waals surface area contributed by atoms with Gasteiger partial charge in [-0.25, -0.2) is 17.8 Å². The van der Waals surface area contributed by atoms with Gasteiger partial charge < -0.3 is 10.1 Å². The molecule has 2 N–H and O–H groups in total. The van der Waals surface area contributed by atoms with Gasteiger partial charge in [0.25, 0.3) is 15.9 Å². The van der Waals surface area contributed by atoms with E-state index in [0.29, 0.717) is 5.75 Å². The van der Waals surface area contributed by atoms with E-state index in [0.717, 1.165) is 17.4 Å². The van der Waals surface area contributed by atoms with Crippen molar-refractivity contribution in [2.75, 3.05) is 17.1 Å². The molecule has 1 aromatic heterocycles. The van der Waals surface area contributed by atoms with E-state index in [1.807, 2.05) is 0 Å². The number of carbonyl (C=O) groups is 1. The van der Waals surface area contributed by atoms with Crippen molar-refractivity contribution in [3.05, 3.63) is 64.4 Å². The maximum atomic E-state index is 13.2. The number of nitrogens with one attached hydrogen (secondary N) is 2. The topological polar surface area (TPSA) is 97.4 Å². The first-order chi connectivity index (χ1) is 13.3. The molecule has 11 heteroatoms. The maximum Gasteiger partial charge on any atom is 0.275 e. The summed E-state index contributed by atoms with van der Waals surface area (Å²) in [6, 6.07) is 9.54. The molecule has 3 rings (SSSR count). The lowest BCUT2D eigenvalue weighted by Gasteiger charge is -2.06. The van der Waals surface area contributed by atoms with Gasteiger partial charge in [0.05, 0.1) is 17.0 Å². The second-order valence-electron chi connectivity index (χ2n) is 5.40. The highest BCUT2D eigenvalue weighted by atomic mass is 35.5. The minimum Gasteiger partial charge on any atom is -0.497 e. The van der Waals surface area contributed by atoms with Gasteiger partial charge in [-0.15, -0.1) is 11.3 Å². The SMILES string of the molecule is COc1ccc(S(=O)(=O)Nc2nc(C(=O)Nc3ccc(F)c(Cl)c3)cs2)cc1. The predicted octanol–water partition coefficient (Wildman–Crippen LogP) is 4.00. The molecule has 28 heavy (non-hydrogen) atoms. The van der Waals surface area contributed by atoms with Crippen molar-refractivity contribution in [1.82, 2.24) is 4.98 Å². The summed E-state index contributed by atoms with van der Waals surface area (Å²) in [6.07, 6.45) is 0. The first-order valence-electron chi connectivity index (χ1n) is 7.67. The van der Waals surface area contributed by atoms with Crippen LogP contribution in [0.2, 0.25) is 5.02 Å². The molecule has 146 valence electrons. The van der Waals surface area contributed by atoms with Crippen molar-refractivity contribution in [3.8, 4) is 5.75 Å². The molecule has 0 aliphatic rings. The number of thiazole rings is 1. The molecule has 0 fully saturated rings. The van der Waals surface area contributed by atoms with E-state index in [1.54, 1.807) is 0 Å². The Bertz CT molecular complexity index is 1120. The van der Waals surface area contributed by atoms with Crippen molar-refractivity contribution in [2.45, 2.75) is 4.90 Å². The Labute approximate surface area is 169 Å². The van der Waals surface area contributed by atoms with E-state index >= 15 is 0 Å². The maximum absolute atomic E-state index is 13.2. The summed E-state index contributed by atoms with van der Waals surface area (Å²) in [6.45, 7) is 0. The van der Waals surface area contributed by atoms with E-state index < -0.39 is 21.7 Å². The quantitative estimate of drug-likeness (QED) is 0.602. The Kier molecular flexibility index (Phi) is 5.82. The van der Waals surface area contributed by atoms with Crippen LogP contribution in [0.1, 0.15) is 10.5 Å². The van der Waals surface area contributed by atoms with Crippen LogP contribution in [0.15, 0.2) is 52.7 Å². The third-order valence-corrected chi connectivity index (χ3v) is 6.04. The minimum absolute atomic E-state index is 0.00196. The van der Waals surface area contributed by atoms with Crippen LogP contribution >= 0.6 is 22.9 Å². The first kappa shape index (κ1) is 20.1. The number of rotatable bonds is 6. The molecular formula is C17H13ClFN3O4S2. The smallest absolute Gasteiger partial charge is 0.275 e. The summed E-state index contributed by atoms with van der Waals surface area (Å²) in [5.74, 6) is -0.676. The van der Waals surface area contributed by atoms with E-state index in [1.165, 1.54) is 48.9 Å². The fourth-order valence-electron chi connectivity index (χ4n) is 2.12. The molecule has 1 heterocycles. The predicted molar refractivity (Wildman–Crippen MR) is 105 cm³/mol. The highest BCUT2D eigenvalue weighted by Crippen LogP contribution is 2.23. The van der Waals surface area contributed by atoms with Crippen molar-refractivity contribution < 1.29 is 22.3 Å². The Morgan fingerprint density at radius 1 is 1.21 bits per heavy atom. The fraction of sp³-hybridized carbons (Fsp3) is 0.0588. The Morgan fingerprint density at radius 2 is 1.93 bits per heavy atom. The largest absolute Gasteiger partial charge is 0.497 e. The number of sulfonamides is 1. The minimum atomic E-state index is -3.87. The molecular weight excluding hydrogens is 429 g/mol. The molecule has 1 amide bonds. The zero-order valence-corrected chi connectivity index (χ0v) is 16.7. The van der Waals surface area contributed by atoms with Gasteiger partial charge in [0.15, 0.2) is 5.13 Å². The summed E-state index contributed by atoms with van der Waals surface area (Å²) in [4.78, 5) is 16.2. The van der Waals surface area contributed by atoms with Gasteiger partial charge >= 0.3 is 0 Å². The monoisotopic (exact) mass is 441 g/mol. The average Bonchev–Trinajstić information content (AvgIpc) is 3.12. The fourth-order valence-corrected chi connectivity index (χ4v) is 4.25. The Balaban J connectivity index is 1.72. The number of halogens is 2. The number of ether oxygens (including phenoxy) is 1. The third kappa shape index (κ3) is 4.58. The van der Waals surface area contributed by atoms with Crippen LogP contribution in [0.25, 0.3) is 0 Å². The van der Waals surface area contributed by atoms with Crippen LogP contribution in [0.4, 0.5) is 15.2 Å². The van der Waals surface area contributed by atoms with Gasteiger partial charge in [0.2, 0.25) is 0 Å². The normalized spacial score (nSPS) is 11.1. The van der Waals surface area contributed by atoms with Crippen molar-refractivity contribution >= 4 is 49.7 Å². The molecule has 7 nitrogen and oxygen atoms in total. The van der Waals surface area contributed by atoms with Crippen LogP contribution in [-0.4, -0.2) is 26.4 Å². The van der Waals surface area contributed by atoms with Crippen LogP contribution in [0.5, 0.6) is 5.75 Å². The number of aromatic nitrogens is 1. The molecule has 0 bridgehead atoms. The Hall–Kier alpha value is -2.69. The zero-order valence-electron chi connectivity index (χ0n) is 14.3. The summed E-state index contributed by atoms with van der Waals surface area (Å²) < 4.78 is 45.3. The van der Waals surface area contributed by atoms with E-state index in [9.17, 15) is 17.6 Å². The van der Waals surface area contributed by atoms with Gasteiger partial charge in [-0.3, -0.25) is 9.52 Å². The second-order valence-corrected chi connectivity index (χ2v) is 8.35. The molecule has 0 aliphatic carbocycles. The lowest BCUT2D eigenvalue weighted by molar-refractivity contribution is 0.102. The second kappa shape index (κ2) is 8.13. The number of nitrogens with zero attached hydrogens (tertiary/aromatic N) is 1.